The fourth-order valence-electron chi connectivity index (χ4n) is 4.49. The summed E-state index contributed by atoms with van der Waals surface area (Å²) in [6.07, 6.45) is 6.47. The van der Waals surface area contributed by atoms with E-state index in [2.05, 4.69) is 28.2 Å². The summed E-state index contributed by atoms with van der Waals surface area (Å²) >= 11 is 3.60. The summed E-state index contributed by atoms with van der Waals surface area (Å²) in [7, 11) is 0. The maximum Gasteiger partial charge on any atom is 0.123 e. The lowest BCUT2D eigenvalue weighted by Gasteiger charge is -2.38. The van der Waals surface area contributed by atoms with Crippen LogP contribution < -0.4 is 5.32 Å². The molecule has 3 heteroatoms. The highest BCUT2D eigenvalue weighted by Crippen LogP contribution is 2.57. The zero-order valence-electron chi connectivity index (χ0n) is 12.1. The minimum absolute atomic E-state index is 0.120. The number of hydrogen-bond acceptors (Lipinski definition) is 1. The Morgan fingerprint density at radius 2 is 2.25 bits per heavy atom. The first-order chi connectivity index (χ1) is 9.63. The molecule has 110 valence electrons. The van der Waals surface area contributed by atoms with Gasteiger partial charge in [-0.3, -0.25) is 0 Å². The Hall–Kier alpha value is -0.410. The predicted octanol–water partition coefficient (Wildman–Crippen LogP) is 4.55. The maximum atomic E-state index is 13.5. The van der Waals surface area contributed by atoms with Crippen molar-refractivity contribution in [2.45, 2.75) is 39.0 Å². The first-order valence-corrected chi connectivity index (χ1v) is 8.57. The van der Waals surface area contributed by atoms with E-state index in [9.17, 15) is 4.39 Å². The molecule has 0 radical (unpaired) electrons. The average molecular weight is 340 g/mol. The number of fused-ring (bicyclic) bond motifs is 2. The van der Waals surface area contributed by atoms with Crippen LogP contribution in [0.3, 0.4) is 0 Å². The molecule has 0 amide bonds. The van der Waals surface area contributed by atoms with Crippen molar-refractivity contribution in [3.63, 3.8) is 0 Å². The van der Waals surface area contributed by atoms with Crippen LogP contribution in [0.25, 0.3) is 0 Å². The first kappa shape index (κ1) is 14.5. The number of halogens is 2. The topological polar surface area (TPSA) is 12.0 Å². The zero-order valence-corrected chi connectivity index (χ0v) is 13.7. The molecule has 2 fully saturated rings. The van der Waals surface area contributed by atoms with Crippen LogP contribution in [0.4, 0.5) is 4.39 Å². The van der Waals surface area contributed by atoms with Gasteiger partial charge in [0.2, 0.25) is 0 Å². The van der Waals surface area contributed by atoms with Gasteiger partial charge >= 0.3 is 0 Å². The van der Waals surface area contributed by atoms with Gasteiger partial charge in [-0.25, -0.2) is 4.39 Å². The molecule has 2 aliphatic carbocycles. The van der Waals surface area contributed by atoms with E-state index >= 15 is 0 Å². The molecule has 3 atom stereocenters. The third-order valence-corrected chi connectivity index (χ3v) is 6.15. The number of nitrogens with one attached hydrogen (secondary N) is 1. The van der Waals surface area contributed by atoms with E-state index in [0.717, 1.165) is 41.4 Å². The van der Waals surface area contributed by atoms with Crippen LogP contribution in [-0.4, -0.2) is 13.1 Å². The van der Waals surface area contributed by atoms with Crippen molar-refractivity contribution in [3.05, 3.63) is 34.1 Å². The molecule has 0 spiro atoms. The molecule has 3 unspecified atom stereocenters. The van der Waals surface area contributed by atoms with Gasteiger partial charge < -0.3 is 5.32 Å². The fourth-order valence-corrected chi connectivity index (χ4v) is 4.87. The number of benzene rings is 1. The highest BCUT2D eigenvalue weighted by Gasteiger charge is 2.50. The summed E-state index contributed by atoms with van der Waals surface area (Å²) in [6.45, 7) is 4.26. The monoisotopic (exact) mass is 339 g/mol. The Bertz CT molecular complexity index is 490. The molecule has 2 saturated carbocycles. The van der Waals surface area contributed by atoms with Crippen LogP contribution in [0.5, 0.6) is 0 Å². The summed E-state index contributed by atoms with van der Waals surface area (Å²) in [5, 5.41) is 3.56. The summed E-state index contributed by atoms with van der Waals surface area (Å²) < 4.78 is 14.6. The van der Waals surface area contributed by atoms with E-state index in [-0.39, 0.29) is 5.82 Å². The SMILES string of the molecule is CCNCC1(Cc2cc(F)ccc2Br)CC2CCC1C2. The second-order valence-electron chi connectivity index (χ2n) is 6.64. The summed E-state index contributed by atoms with van der Waals surface area (Å²) in [6, 6.07) is 5.09. The van der Waals surface area contributed by atoms with Crippen molar-refractivity contribution < 1.29 is 4.39 Å². The molecule has 1 nitrogen and oxygen atoms in total. The van der Waals surface area contributed by atoms with Gasteiger partial charge in [-0.1, -0.05) is 29.3 Å². The van der Waals surface area contributed by atoms with Crippen LogP contribution in [-0.2, 0) is 6.42 Å². The van der Waals surface area contributed by atoms with Crippen molar-refractivity contribution in [1.29, 1.82) is 0 Å². The molecule has 0 heterocycles. The Labute approximate surface area is 129 Å². The Kier molecular flexibility index (Phi) is 4.19. The highest BCUT2D eigenvalue weighted by atomic mass is 79.9. The molecule has 2 aliphatic rings. The third kappa shape index (κ3) is 2.67. The van der Waals surface area contributed by atoms with Gasteiger partial charge in [0, 0.05) is 11.0 Å². The second kappa shape index (κ2) is 5.76. The van der Waals surface area contributed by atoms with E-state index in [1.165, 1.54) is 31.7 Å². The summed E-state index contributed by atoms with van der Waals surface area (Å²) in [5.74, 6) is 1.61. The lowest BCUT2D eigenvalue weighted by molar-refractivity contribution is 0.157. The smallest absolute Gasteiger partial charge is 0.123 e. The van der Waals surface area contributed by atoms with Gasteiger partial charge in [-0.15, -0.1) is 0 Å². The van der Waals surface area contributed by atoms with Crippen molar-refractivity contribution in [2.75, 3.05) is 13.1 Å². The molecule has 1 aromatic carbocycles. The zero-order chi connectivity index (χ0) is 14.2. The molecule has 0 saturated heterocycles. The fraction of sp³-hybridized carbons (Fsp3) is 0.647. The molecular formula is C17H23BrFN. The van der Waals surface area contributed by atoms with Crippen LogP contribution in [0.1, 0.15) is 38.2 Å². The molecular weight excluding hydrogens is 317 g/mol. The van der Waals surface area contributed by atoms with Gasteiger partial charge in [0.25, 0.3) is 0 Å². The number of hydrogen-bond donors (Lipinski definition) is 1. The molecule has 1 aromatic rings. The van der Waals surface area contributed by atoms with Crippen LogP contribution in [0.15, 0.2) is 22.7 Å². The van der Waals surface area contributed by atoms with Crippen LogP contribution in [0, 0.1) is 23.1 Å². The van der Waals surface area contributed by atoms with Crippen LogP contribution in [0.2, 0.25) is 0 Å². The molecule has 3 rings (SSSR count). The average Bonchev–Trinajstić information content (AvgIpc) is 3.02. The van der Waals surface area contributed by atoms with Gasteiger partial charge in [-0.2, -0.15) is 0 Å². The van der Waals surface area contributed by atoms with Gasteiger partial charge in [0.1, 0.15) is 5.82 Å². The lowest BCUT2D eigenvalue weighted by Crippen LogP contribution is -2.40. The normalized spacial score (nSPS) is 31.9. The minimum atomic E-state index is -0.120. The quantitative estimate of drug-likeness (QED) is 0.829. The van der Waals surface area contributed by atoms with E-state index in [1.54, 1.807) is 6.07 Å². The van der Waals surface area contributed by atoms with Crippen molar-refractivity contribution >= 4 is 15.9 Å². The molecule has 0 aliphatic heterocycles. The predicted molar refractivity (Wildman–Crippen MR) is 84.2 cm³/mol. The summed E-state index contributed by atoms with van der Waals surface area (Å²) in [5.41, 5.74) is 1.48. The van der Waals surface area contributed by atoms with Gasteiger partial charge in [0.05, 0.1) is 0 Å². The van der Waals surface area contributed by atoms with E-state index in [1.807, 2.05) is 6.07 Å². The van der Waals surface area contributed by atoms with E-state index in [0.29, 0.717) is 5.41 Å². The molecule has 0 aromatic heterocycles. The van der Waals surface area contributed by atoms with Crippen molar-refractivity contribution in [1.82, 2.24) is 5.32 Å². The molecule has 20 heavy (non-hydrogen) atoms. The number of rotatable bonds is 5. The van der Waals surface area contributed by atoms with Crippen molar-refractivity contribution in [3.8, 4) is 0 Å². The largest absolute Gasteiger partial charge is 0.316 e. The third-order valence-electron chi connectivity index (χ3n) is 5.38. The Morgan fingerprint density at radius 1 is 1.40 bits per heavy atom. The van der Waals surface area contributed by atoms with Crippen molar-refractivity contribution in [2.24, 2.45) is 17.3 Å². The maximum absolute atomic E-state index is 13.5. The first-order valence-electron chi connectivity index (χ1n) is 7.77. The van der Waals surface area contributed by atoms with Gasteiger partial charge in [0.15, 0.2) is 0 Å². The van der Waals surface area contributed by atoms with E-state index in [4.69, 9.17) is 0 Å². The highest BCUT2D eigenvalue weighted by molar-refractivity contribution is 9.10. The standard InChI is InChI=1S/C17H23BrFN/c1-2-20-11-17(9-12-3-4-14(17)7-12)10-13-8-15(19)5-6-16(13)18/h5-6,8,12,14,20H,2-4,7,9-11H2,1H3. The van der Waals surface area contributed by atoms with Gasteiger partial charge in [-0.05, 0) is 73.2 Å². The second-order valence-corrected chi connectivity index (χ2v) is 7.49. The summed E-state index contributed by atoms with van der Waals surface area (Å²) in [4.78, 5) is 0. The van der Waals surface area contributed by atoms with Crippen LogP contribution >= 0.6 is 15.9 Å². The molecule has 2 bridgehead atoms. The lowest BCUT2D eigenvalue weighted by atomic mass is 9.69. The van der Waals surface area contributed by atoms with E-state index < -0.39 is 0 Å². The minimum Gasteiger partial charge on any atom is -0.316 e. The Morgan fingerprint density at radius 3 is 2.90 bits per heavy atom. The molecule has 1 N–H and O–H groups in total. The Balaban J connectivity index is 1.85.